The average Bonchev–Trinajstić information content (AvgIpc) is 2.86. The summed E-state index contributed by atoms with van der Waals surface area (Å²) in [4.78, 5) is 29.2. The number of aliphatic hydroxyl groups excluding tert-OH is 1. The number of carbonyl (C=O) groups is 2. The van der Waals surface area contributed by atoms with E-state index in [4.69, 9.17) is 9.84 Å². The Kier molecular flexibility index (Phi) is 4.33. The summed E-state index contributed by atoms with van der Waals surface area (Å²) < 4.78 is 5.82. The number of esters is 1. The van der Waals surface area contributed by atoms with Crippen LogP contribution in [0.3, 0.4) is 0 Å². The number of aliphatic imine (C=N–C) groups is 1. The number of carbonyl (C=O) groups excluding carboxylic acids is 1. The van der Waals surface area contributed by atoms with Crippen molar-refractivity contribution in [2.24, 2.45) is 4.99 Å². The van der Waals surface area contributed by atoms with Crippen molar-refractivity contribution >= 4 is 34.2 Å². The number of nitrogens with one attached hydrogen (secondary N) is 2. The van der Waals surface area contributed by atoms with Gasteiger partial charge in [-0.05, 0) is 28.9 Å². The fraction of sp³-hybridized carbons (Fsp3) is 0.417. The number of carboxylic acids is 1. The van der Waals surface area contributed by atoms with Crippen LogP contribution in [-0.2, 0) is 9.53 Å². The first kappa shape index (κ1) is 15.5. The van der Waals surface area contributed by atoms with Crippen LogP contribution in [0.2, 0.25) is 0 Å². The Morgan fingerprint density at radius 3 is 2.86 bits per heavy atom. The monoisotopic (exact) mass is 359 g/mol. The van der Waals surface area contributed by atoms with Crippen molar-refractivity contribution in [3.05, 3.63) is 22.4 Å². The highest BCUT2D eigenvalue weighted by atomic mass is 79.9. The van der Waals surface area contributed by atoms with Crippen LogP contribution in [0.25, 0.3) is 0 Å². The highest BCUT2D eigenvalue weighted by Gasteiger charge is 2.44. The van der Waals surface area contributed by atoms with Gasteiger partial charge >= 0.3 is 11.9 Å². The van der Waals surface area contributed by atoms with Crippen molar-refractivity contribution in [1.29, 1.82) is 0 Å². The molecule has 8 nitrogen and oxygen atoms in total. The first-order valence-electron chi connectivity index (χ1n) is 6.05. The van der Waals surface area contributed by atoms with E-state index in [9.17, 15) is 14.7 Å². The van der Waals surface area contributed by atoms with Gasteiger partial charge in [-0.1, -0.05) is 0 Å². The standard InChI is InChI=1S/C12H14BrN3O5/c1-12(9(17)8(10(18)19)15-5-16-12)4-21-11(20)7-2-6(13)3-14-7/h2-3,5,8-9,14,17H,4H2,1H3,(H,15,16)(H,18,19)/t8-,9+,12-/m1/s1. The Balaban J connectivity index is 2.03. The minimum atomic E-state index is -1.33. The van der Waals surface area contributed by atoms with Gasteiger partial charge < -0.3 is 25.3 Å². The molecule has 3 atom stereocenters. The number of aromatic nitrogens is 1. The molecular weight excluding hydrogens is 346 g/mol. The molecule has 9 heteroatoms. The van der Waals surface area contributed by atoms with Crippen LogP contribution >= 0.6 is 15.9 Å². The molecule has 2 rings (SSSR count). The number of aliphatic hydroxyl groups is 1. The normalized spacial score (nSPS) is 28.0. The number of halogens is 1. The number of nitrogens with zero attached hydrogens (tertiary/aromatic N) is 1. The molecule has 0 saturated heterocycles. The number of rotatable bonds is 4. The molecule has 0 aliphatic carbocycles. The zero-order chi connectivity index (χ0) is 15.6. The zero-order valence-corrected chi connectivity index (χ0v) is 12.6. The average molecular weight is 360 g/mol. The molecule has 1 aromatic rings. The minimum Gasteiger partial charge on any atom is -0.480 e. The van der Waals surface area contributed by atoms with Crippen LogP contribution in [0.4, 0.5) is 0 Å². The third-order valence-electron chi connectivity index (χ3n) is 3.21. The highest BCUT2D eigenvalue weighted by Crippen LogP contribution is 2.20. The molecule has 0 aromatic carbocycles. The number of hydrogen-bond donors (Lipinski definition) is 4. The molecule has 1 aliphatic heterocycles. The van der Waals surface area contributed by atoms with E-state index in [1.807, 2.05) is 0 Å². The van der Waals surface area contributed by atoms with E-state index < -0.39 is 29.6 Å². The van der Waals surface area contributed by atoms with E-state index >= 15 is 0 Å². The Morgan fingerprint density at radius 2 is 2.29 bits per heavy atom. The van der Waals surface area contributed by atoms with Crippen molar-refractivity contribution in [3.8, 4) is 0 Å². The van der Waals surface area contributed by atoms with Crippen molar-refractivity contribution in [2.75, 3.05) is 6.61 Å². The SMILES string of the molecule is C[C@]1(COC(=O)c2cc(Br)c[nH]2)NC=N[C@@H](C(=O)O)[C@@H]1O. The van der Waals surface area contributed by atoms with Gasteiger partial charge in [0.1, 0.15) is 18.4 Å². The predicted octanol–water partition coefficient (Wildman–Crippen LogP) is 0.138. The molecule has 21 heavy (non-hydrogen) atoms. The highest BCUT2D eigenvalue weighted by molar-refractivity contribution is 9.10. The maximum absolute atomic E-state index is 11.8. The van der Waals surface area contributed by atoms with Crippen molar-refractivity contribution < 1.29 is 24.5 Å². The van der Waals surface area contributed by atoms with Crippen molar-refractivity contribution in [2.45, 2.75) is 24.6 Å². The maximum Gasteiger partial charge on any atom is 0.354 e. The second-order valence-corrected chi connectivity index (χ2v) is 5.79. The van der Waals surface area contributed by atoms with Crippen LogP contribution in [0.15, 0.2) is 21.7 Å². The van der Waals surface area contributed by atoms with Gasteiger partial charge in [0.15, 0.2) is 6.04 Å². The van der Waals surface area contributed by atoms with E-state index in [0.717, 1.165) is 0 Å². The van der Waals surface area contributed by atoms with E-state index in [1.54, 1.807) is 19.2 Å². The molecule has 0 fully saturated rings. The maximum atomic E-state index is 11.8. The number of H-pyrrole nitrogens is 1. The lowest BCUT2D eigenvalue weighted by molar-refractivity contribution is -0.143. The Bertz CT molecular complexity index is 587. The van der Waals surface area contributed by atoms with E-state index in [-0.39, 0.29) is 12.3 Å². The van der Waals surface area contributed by atoms with Crippen LogP contribution in [0.5, 0.6) is 0 Å². The summed E-state index contributed by atoms with van der Waals surface area (Å²) in [6.07, 6.45) is 1.45. The largest absolute Gasteiger partial charge is 0.480 e. The Hall–Kier alpha value is -1.87. The van der Waals surface area contributed by atoms with Crippen molar-refractivity contribution in [1.82, 2.24) is 10.3 Å². The van der Waals surface area contributed by atoms with E-state index in [2.05, 4.69) is 31.2 Å². The number of hydrogen-bond acceptors (Lipinski definition) is 6. The third kappa shape index (κ3) is 3.24. The van der Waals surface area contributed by atoms with Gasteiger partial charge in [-0.2, -0.15) is 0 Å². The summed E-state index contributed by atoms with van der Waals surface area (Å²) in [6, 6.07) is 0.256. The van der Waals surface area contributed by atoms with Crippen LogP contribution < -0.4 is 5.32 Å². The number of aromatic amines is 1. The summed E-state index contributed by atoms with van der Waals surface area (Å²) in [7, 11) is 0. The minimum absolute atomic E-state index is 0.209. The van der Waals surface area contributed by atoms with Crippen LogP contribution in [0, 0.1) is 0 Å². The Morgan fingerprint density at radius 1 is 1.57 bits per heavy atom. The fourth-order valence-electron chi connectivity index (χ4n) is 1.89. The molecule has 0 amide bonds. The smallest absolute Gasteiger partial charge is 0.354 e. The lowest BCUT2D eigenvalue weighted by Gasteiger charge is -2.38. The molecule has 0 saturated carbocycles. The molecule has 0 spiro atoms. The summed E-state index contributed by atoms with van der Waals surface area (Å²) in [6.45, 7) is 1.34. The van der Waals surface area contributed by atoms with E-state index in [0.29, 0.717) is 4.47 Å². The van der Waals surface area contributed by atoms with Gasteiger partial charge in [-0.25, -0.2) is 9.59 Å². The second kappa shape index (κ2) is 5.86. The van der Waals surface area contributed by atoms with Crippen LogP contribution in [-0.4, -0.2) is 57.8 Å². The van der Waals surface area contributed by atoms with Gasteiger partial charge in [-0.15, -0.1) is 0 Å². The summed E-state index contributed by atoms with van der Waals surface area (Å²) in [5, 5.41) is 21.8. The lowest BCUT2D eigenvalue weighted by atomic mass is 9.89. The molecule has 2 heterocycles. The molecule has 0 unspecified atom stereocenters. The van der Waals surface area contributed by atoms with Gasteiger partial charge in [-0.3, -0.25) is 4.99 Å². The van der Waals surface area contributed by atoms with Gasteiger partial charge in [0.05, 0.1) is 11.9 Å². The molecule has 1 aliphatic rings. The van der Waals surface area contributed by atoms with Gasteiger partial charge in [0.25, 0.3) is 0 Å². The molecule has 114 valence electrons. The molecule has 4 N–H and O–H groups in total. The number of ether oxygens (including phenoxy) is 1. The summed E-state index contributed by atoms with van der Waals surface area (Å²) in [5.41, 5.74) is -0.885. The van der Waals surface area contributed by atoms with Crippen molar-refractivity contribution in [3.63, 3.8) is 0 Å². The molecule has 0 radical (unpaired) electrons. The predicted molar refractivity (Wildman–Crippen MR) is 76.2 cm³/mol. The zero-order valence-electron chi connectivity index (χ0n) is 11.0. The molecule has 1 aromatic heterocycles. The fourth-order valence-corrected chi connectivity index (χ4v) is 2.23. The molecule has 0 bridgehead atoms. The van der Waals surface area contributed by atoms with Gasteiger partial charge in [0.2, 0.25) is 0 Å². The molecular formula is C12H14BrN3O5. The van der Waals surface area contributed by atoms with Crippen LogP contribution in [0.1, 0.15) is 17.4 Å². The Labute approximate surface area is 128 Å². The number of aliphatic carboxylic acids is 1. The summed E-state index contributed by atoms with van der Waals surface area (Å²) >= 11 is 3.20. The first-order valence-corrected chi connectivity index (χ1v) is 6.84. The lowest BCUT2D eigenvalue weighted by Crippen LogP contribution is -2.63. The van der Waals surface area contributed by atoms with E-state index in [1.165, 1.54) is 6.34 Å². The van der Waals surface area contributed by atoms with Gasteiger partial charge in [0, 0.05) is 10.7 Å². The topological polar surface area (TPSA) is 124 Å². The third-order valence-corrected chi connectivity index (χ3v) is 3.66. The quantitative estimate of drug-likeness (QED) is 0.566. The summed E-state index contributed by atoms with van der Waals surface area (Å²) in [5.74, 6) is -1.85. The number of carboxylic acid groups (broad SMARTS) is 1. The first-order chi connectivity index (χ1) is 9.83. The second-order valence-electron chi connectivity index (χ2n) is 4.88.